The second-order valence-electron chi connectivity index (χ2n) is 25.9. The van der Waals surface area contributed by atoms with Gasteiger partial charge in [-0.05, 0) is 141 Å². The van der Waals surface area contributed by atoms with Gasteiger partial charge in [0.15, 0.2) is 11.6 Å². The van der Waals surface area contributed by atoms with E-state index in [-0.39, 0.29) is 64.5 Å². The van der Waals surface area contributed by atoms with E-state index in [0.717, 1.165) is 70.8 Å². The largest absolute Gasteiger partial charge is 0.396 e. The molecule has 8 fully saturated rings. The van der Waals surface area contributed by atoms with Crippen molar-refractivity contribution in [3.8, 4) is 0 Å². The van der Waals surface area contributed by atoms with Crippen molar-refractivity contribution in [2.45, 2.75) is 181 Å². The molecule has 12 aliphatic rings. The van der Waals surface area contributed by atoms with Gasteiger partial charge in [0.1, 0.15) is 0 Å². The predicted molar refractivity (Wildman–Crippen MR) is 246 cm³/mol. The van der Waals surface area contributed by atoms with Gasteiger partial charge < -0.3 is 33.9 Å². The fourth-order valence-corrected chi connectivity index (χ4v) is 19.5. The standard InChI is InChI=1S/C56H80N2O7/c1-29(27-59)9-14-45-31(3)49-46(64-45)22-39-36-13-11-34-20-42-44(26-52(34,6)40(36)24-56(54(39,49)8)61-17-18-62-56)58-41-19-33-10-12-35-37(51(33,5)25-43(41)57-42)23-48(60)53(7)38(35)21-47-50(53)32(4)55(65-47)16-15-30(2)28-63-55/h21-22,29-37,40,45-50,59-60H,9-20,23-28H2,1-8H3/t29-,30-,31+,32-,33-,34-,35+,36-,37-,40-,45+,46-,47-,48+,49-,50-,51-,52-,53+,54-,55+/m0/s1. The highest BCUT2D eigenvalue weighted by Crippen LogP contribution is 2.73. The van der Waals surface area contributed by atoms with E-state index in [2.05, 4.69) is 67.5 Å². The number of hydrogen-bond donors (Lipinski definition) is 2. The first-order valence-electron chi connectivity index (χ1n) is 26.9. The molecule has 1 aromatic rings. The van der Waals surface area contributed by atoms with Crippen molar-refractivity contribution in [3.63, 3.8) is 0 Å². The van der Waals surface area contributed by atoms with Gasteiger partial charge in [-0.25, -0.2) is 0 Å². The lowest BCUT2D eigenvalue weighted by molar-refractivity contribution is -0.276. The Balaban J connectivity index is 0.772. The van der Waals surface area contributed by atoms with Gasteiger partial charge in [-0.15, -0.1) is 0 Å². The molecule has 0 aromatic carbocycles. The van der Waals surface area contributed by atoms with Gasteiger partial charge in [-0.3, -0.25) is 9.97 Å². The Morgan fingerprint density at radius 1 is 0.769 bits per heavy atom. The maximum atomic E-state index is 12.5. The normalized spacial score (nSPS) is 53.4. The smallest absolute Gasteiger partial charge is 0.178 e. The van der Waals surface area contributed by atoms with Crippen LogP contribution in [-0.2, 0) is 49.4 Å². The fourth-order valence-electron chi connectivity index (χ4n) is 19.5. The molecule has 21 atom stereocenters. The number of hydrogen-bond acceptors (Lipinski definition) is 9. The lowest BCUT2D eigenvalue weighted by atomic mass is 9.44. The second-order valence-corrected chi connectivity index (χ2v) is 25.9. The molecule has 5 heterocycles. The highest BCUT2D eigenvalue weighted by molar-refractivity contribution is 5.41. The first-order valence-corrected chi connectivity index (χ1v) is 26.9. The van der Waals surface area contributed by atoms with Crippen LogP contribution in [0.25, 0.3) is 0 Å². The molecule has 4 aliphatic heterocycles. The van der Waals surface area contributed by atoms with Gasteiger partial charge in [0.25, 0.3) is 0 Å². The molecule has 2 spiro atoms. The van der Waals surface area contributed by atoms with Crippen LogP contribution in [0.1, 0.15) is 142 Å². The third-order valence-corrected chi connectivity index (χ3v) is 23.2. The number of aliphatic hydroxyl groups is 2. The molecule has 0 bridgehead atoms. The summed E-state index contributed by atoms with van der Waals surface area (Å²) in [4.78, 5) is 11.5. The first kappa shape index (κ1) is 43.3. The third kappa shape index (κ3) is 5.59. The summed E-state index contributed by atoms with van der Waals surface area (Å²) < 4.78 is 34.6. The lowest BCUT2D eigenvalue weighted by Gasteiger charge is -2.63. The zero-order valence-corrected chi connectivity index (χ0v) is 41.0. The summed E-state index contributed by atoms with van der Waals surface area (Å²) in [5.74, 6) is 3.95. The zero-order chi connectivity index (χ0) is 44.8. The Morgan fingerprint density at radius 3 is 2.06 bits per heavy atom. The molecule has 9 nitrogen and oxygen atoms in total. The number of aliphatic hydroxyl groups excluding tert-OH is 2. The number of fused-ring (bicyclic) bond motifs is 17. The number of aromatic nitrogens is 2. The van der Waals surface area contributed by atoms with Crippen LogP contribution in [0.5, 0.6) is 0 Å². The molecular formula is C56H80N2O7. The molecule has 1 aromatic heterocycles. The van der Waals surface area contributed by atoms with Crippen LogP contribution in [0, 0.1) is 92.7 Å². The summed E-state index contributed by atoms with van der Waals surface area (Å²) in [5.41, 5.74) is 7.80. The summed E-state index contributed by atoms with van der Waals surface area (Å²) in [6.45, 7) is 21.6. The first-order chi connectivity index (χ1) is 31.1. The van der Waals surface area contributed by atoms with Crippen LogP contribution in [0.15, 0.2) is 23.3 Å². The van der Waals surface area contributed by atoms with Gasteiger partial charge in [0.2, 0.25) is 0 Å². The number of rotatable bonds is 4. The van der Waals surface area contributed by atoms with E-state index in [1.54, 1.807) is 5.57 Å². The summed E-state index contributed by atoms with van der Waals surface area (Å²) in [5, 5.41) is 22.3. The maximum Gasteiger partial charge on any atom is 0.178 e. The van der Waals surface area contributed by atoms with E-state index in [0.29, 0.717) is 72.4 Å². The molecule has 4 saturated carbocycles. The molecule has 0 radical (unpaired) electrons. The Bertz CT molecular complexity index is 2180. The van der Waals surface area contributed by atoms with Crippen molar-refractivity contribution in [1.29, 1.82) is 0 Å². The SMILES string of the molecule is C[C@H](CO)CC[C@H]1O[C@H]2C=C3[C@@H]4CC[C@H]5Cc6nc7c(nc6C[C@]5(C)[C@H]4CC4(OCCO4)[C@]3(C)[C@H]2[C@@H]1C)C[C@@H]1CC[C@H]2C3=C[C@@H]4O[C@]5(CC[C@H](C)CO5)[C@@H](C)[C@@H]4[C@@]3(C)[C@H](O)C[C@@H]2[C@@]1(C)C7. The molecule has 4 saturated heterocycles. The fraction of sp³-hybridized carbons (Fsp3) is 0.857. The molecule has 0 unspecified atom stereocenters. The maximum absolute atomic E-state index is 12.5. The van der Waals surface area contributed by atoms with Gasteiger partial charge in [-0.2, -0.15) is 0 Å². The quantitative estimate of drug-likeness (QED) is 0.286. The van der Waals surface area contributed by atoms with E-state index in [1.807, 2.05) is 0 Å². The lowest BCUT2D eigenvalue weighted by Crippen LogP contribution is -2.63. The van der Waals surface area contributed by atoms with Gasteiger partial charge >= 0.3 is 0 Å². The molecule has 0 amide bonds. The third-order valence-electron chi connectivity index (χ3n) is 23.2. The second kappa shape index (κ2) is 14.4. The van der Waals surface area contributed by atoms with E-state index >= 15 is 0 Å². The number of nitrogens with zero attached hydrogens (tertiary/aromatic N) is 2. The van der Waals surface area contributed by atoms with Crippen molar-refractivity contribution < 1.29 is 33.9 Å². The zero-order valence-electron chi connectivity index (χ0n) is 41.0. The Labute approximate surface area is 389 Å². The van der Waals surface area contributed by atoms with Crippen LogP contribution in [-0.4, -0.2) is 82.6 Å². The highest BCUT2D eigenvalue weighted by atomic mass is 16.7. The van der Waals surface area contributed by atoms with Crippen molar-refractivity contribution in [1.82, 2.24) is 9.97 Å². The predicted octanol–water partition coefficient (Wildman–Crippen LogP) is 9.00. The topological polar surface area (TPSA) is 112 Å². The average Bonchev–Trinajstić information content (AvgIpc) is 4.08. The molecule has 13 rings (SSSR count). The minimum atomic E-state index is -0.631. The van der Waals surface area contributed by atoms with E-state index in [4.69, 9.17) is 33.7 Å². The monoisotopic (exact) mass is 893 g/mol. The molecule has 8 aliphatic carbocycles. The van der Waals surface area contributed by atoms with E-state index < -0.39 is 11.6 Å². The van der Waals surface area contributed by atoms with Crippen LogP contribution >= 0.6 is 0 Å². The molecular weight excluding hydrogens is 813 g/mol. The van der Waals surface area contributed by atoms with Crippen LogP contribution in [0.4, 0.5) is 0 Å². The Hall–Kier alpha value is -1.72. The number of ether oxygens (including phenoxy) is 5. The van der Waals surface area contributed by atoms with Crippen LogP contribution in [0.3, 0.4) is 0 Å². The van der Waals surface area contributed by atoms with E-state index in [1.165, 1.54) is 54.0 Å². The van der Waals surface area contributed by atoms with Gasteiger partial charge in [0.05, 0.1) is 67.0 Å². The summed E-state index contributed by atoms with van der Waals surface area (Å²) >= 11 is 0. The Morgan fingerprint density at radius 2 is 1.42 bits per heavy atom. The van der Waals surface area contributed by atoms with Crippen LogP contribution in [0.2, 0.25) is 0 Å². The molecule has 65 heavy (non-hydrogen) atoms. The summed E-state index contributed by atoms with van der Waals surface area (Å²) in [6, 6.07) is 0. The average molecular weight is 893 g/mol. The van der Waals surface area contributed by atoms with Crippen molar-refractivity contribution in [2.75, 3.05) is 26.4 Å². The molecule has 9 heteroatoms. The molecule has 2 N–H and O–H groups in total. The van der Waals surface area contributed by atoms with E-state index in [9.17, 15) is 10.2 Å². The highest BCUT2D eigenvalue weighted by Gasteiger charge is 2.73. The molecule has 356 valence electrons. The van der Waals surface area contributed by atoms with Crippen molar-refractivity contribution >= 4 is 0 Å². The van der Waals surface area contributed by atoms with Crippen molar-refractivity contribution in [2.24, 2.45) is 92.7 Å². The minimum Gasteiger partial charge on any atom is -0.396 e. The Kier molecular flexibility index (Phi) is 9.62. The van der Waals surface area contributed by atoms with Gasteiger partial charge in [0, 0.05) is 48.0 Å². The van der Waals surface area contributed by atoms with Crippen molar-refractivity contribution in [3.05, 3.63) is 46.1 Å². The van der Waals surface area contributed by atoms with Gasteiger partial charge in [-0.1, -0.05) is 78.7 Å². The minimum absolute atomic E-state index is 0.0294. The summed E-state index contributed by atoms with van der Waals surface area (Å²) in [7, 11) is 0. The van der Waals surface area contributed by atoms with Crippen LogP contribution < -0.4 is 0 Å². The summed E-state index contributed by atoms with van der Waals surface area (Å²) in [6.07, 6.45) is 19.7.